The van der Waals surface area contributed by atoms with Crippen molar-refractivity contribution >= 4 is 5.97 Å². The first-order chi connectivity index (χ1) is 10.7. The van der Waals surface area contributed by atoms with Crippen LogP contribution in [0.15, 0.2) is 24.3 Å². The molecule has 1 saturated heterocycles. The molecule has 1 saturated carbocycles. The Morgan fingerprint density at radius 3 is 2.45 bits per heavy atom. The minimum absolute atomic E-state index is 0.265. The van der Waals surface area contributed by atoms with Crippen LogP contribution in [0.2, 0.25) is 0 Å². The van der Waals surface area contributed by atoms with E-state index in [2.05, 4.69) is 19.1 Å². The first-order valence-corrected chi connectivity index (χ1v) is 8.61. The molecule has 3 nitrogen and oxygen atoms in total. The molecule has 3 rings (SSSR count). The van der Waals surface area contributed by atoms with Gasteiger partial charge in [0.2, 0.25) is 0 Å². The van der Waals surface area contributed by atoms with Crippen LogP contribution >= 0.6 is 0 Å². The van der Waals surface area contributed by atoms with Gasteiger partial charge in [0, 0.05) is 6.92 Å². The summed E-state index contributed by atoms with van der Waals surface area (Å²) in [5, 5.41) is 0. The van der Waals surface area contributed by atoms with Crippen LogP contribution in [0.3, 0.4) is 0 Å². The smallest absolute Gasteiger partial charge is 0.308 e. The molecule has 3 heteroatoms. The maximum atomic E-state index is 10.9. The van der Waals surface area contributed by atoms with Crippen molar-refractivity contribution < 1.29 is 14.3 Å². The summed E-state index contributed by atoms with van der Waals surface area (Å²) in [5.74, 6) is 1.79. The summed E-state index contributed by atoms with van der Waals surface area (Å²) in [6, 6.07) is 8.03. The van der Waals surface area contributed by atoms with E-state index in [4.69, 9.17) is 9.47 Å². The van der Waals surface area contributed by atoms with Gasteiger partial charge in [0.05, 0.1) is 12.2 Å². The molecule has 1 aliphatic carbocycles. The zero-order valence-electron chi connectivity index (χ0n) is 13.6. The molecule has 1 aromatic carbocycles. The van der Waals surface area contributed by atoms with Gasteiger partial charge in [-0.2, -0.15) is 0 Å². The second-order valence-electron chi connectivity index (χ2n) is 6.70. The normalized spacial score (nSPS) is 30.8. The lowest BCUT2D eigenvalue weighted by Gasteiger charge is -2.28. The molecule has 2 fully saturated rings. The molecule has 0 radical (unpaired) electrons. The largest absolute Gasteiger partial charge is 0.427 e. The van der Waals surface area contributed by atoms with Crippen molar-refractivity contribution in [3.05, 3.63) is 29.8 Å². The summed E-state index contributed by atoms with van der Waals surface area (Å²) in [7, 11) is 0. The molecular formula is C19H26O3. The van der Waals surface area contributed by atoms with Crippen LogP contribution in [-0.2, 0) is 9.53 Å². The molecule has 2 atom stereocenters. The maximum Gasteiger partial charge on any atom is 0.308 e. The standard InChI is InChI=1S/C19H26O3/c1-3-4-18-19(22-18)16-7-5-14(6-8-16)15-9-11-17(12-10-15)21-13(2)20/h9-12,14,16,18-19H,3-8H2,1-2H3. The van der Waals surface area contributed by atoms with Crippen molar-refractivity contribution in [3.8, 4) is 5.75 Å². The van der Waals surface area contributed by atoms with E-state index in [1.54, 1.807) is 0 Å². The number of esters is 1. The predicted molar refractivity (Wildman–Crippen MR) is 86.0 cm³/mol. The second-order valence-corrected chi connectivity index (χ2v) is 6.70. The second kappa shape index (κ2) is 6.82. The summed E-state index contributed by atoms with van der Waals surface area (Å²) in [6.07, 6.45) is 8.60. The van der Waals surface area contributed by atoms with E-state index in [0.29, 0.717) is 23.9 Å². The molecule has 120 valence electrons. The number of epoxide rings is 1. The highest BCUT2D eigenvalue weighted by atomic mass is 16.6. The Balaban J connectivity index is 1.50. The molecule has 1 aromatic rings. The van der Waals surface area contributed by atoms with Crippen LogP contribution in [0.4, 0.5) is 0 Å². The Labute approximate surface area is 133 Å². The van der Waals surface area contributed by atoms with Crippen molar-refractivity contribution in [2.45, 2.75) is 70.5 Å². The quantitative estimate of drug-likeness (QED) is 0.458. The Kier molecular flexibility index (Phi) is 4.82. The van der Waals surface area contributed by atoms with Gasteiger partial charge in [0.15, 0.2) is 0 Å². The fourth-order valence-corrected chi connectivity index (χ4v) is 3.84. The van der Waals surface area contributed by atoms with Gasteiger partial charge in [-0.05, 0) is 61.6 Å². The molecule has 1 aliphatic heterocycles. The lowest BCUT2D eigenvalue weighted by Crippen LogP contribution is -2.19. The van der Waals surface area contributed by atoms with E-state index in [-0.39, 0.29) is 5.97 Å². The fourth-order valence-electron chi connectivity index (χ4n) is 3.84. The highest BCUT2D eigenvalue weighted by Crippen LogP contribution is 2.44. The van der Waals surface area contributed by atoms with Crippen LogP contribution in [0.5, 0.6) is 5.75 Å². The van der Waals surface area contributed by atoms with Gasteiger partial charge in [-0.1, -0.05) is 25.5 Å². The molecule has 2 unspecified atom stereocenters. The Bertz CT molecular complexity index is 500. The van der Waals surface area contributed by atoms with Gasteiger partial charge < -0.3 is 9.47 Å². The van der Waals surface area contributed by atoms with Crippen LogP contribution in [0.1, 0.15) is 63.9 Å². The van der Waals surface area contributed by atoms with Crippen molar-refractivity contribution in [3.63, 3.8) is 0 Å². The van der Waals surface area contributed by atoms with Crippen molar-refractivity contribution in [1.29, 1.82) is 0 Å². The maximum absolute atomic E-state index is 10.9. The summed E-state index contributed by atoms with van der Waals surface area (Å²) in [5.41, 5.74) is 1.37. The Morgan fingerprint density at radius 1 is 1.18 bits per heavy atom. The average molecular weight is 302 g/mol. The SMILES string of the molecule is CCCC1OC1C1CCC(c2ccc(OC(C)=O)cc2)CC1. The average Bonchev–Trinajstić information content (AvgIpc) is 3.27. The van der Waals surface area contributed by atoms with Gasteiger partial charge >= 0.3 is 5.97 Å². The van der Waals surface area contributed by atoms with Crippen molar-refractivity contribution in [2.75, 3.05) is 0 Å². The van der Waals surface area contributed by atoms with Crippen molar-refractivity contribution in [1.82, 2.24) is 0 Å². The number of hydrogen-bond acceptors (Lipinski definition) is 3. The summed E-state index contributed by atoms with van der Waals surface area (Å²) < 4.78 is 10.9. The summed E-state index contributed by atoms with van der Waals surface area (Å²) >= 11 is 0. The zero-order chi connectivity index (χ0) is 15.5. The van der Waals surface area contributed by atoms with Gasteiger partial charge in [-0.25, -0.2) is 0 Å². The number of carbonyl (C=O) groups is 1. The van der Waals surface area contributed by atoms with Crippen LogP contribution in [-0.4, -0.2) is 18.2 Å². The number of carbonyl (C=O) groups excluding carboxylic acids is 1. The monoisotopic (exact) mass is 302 g/mol. The number of hydrogen-bond donors (Lipinski definition) is 0. The van der Waals surface area contributed by atoms with E-state index in [1.165, 1.54) is 51.0 Å². The first-order valence-electron chi connectivity index (χ1n) is 8.61. The molecule has 0 amide bonds. The third-order valence-corrected chi connectivity index (χ3v) is 5.04. The van der Waals surface area contributed by atoms with E-state index >= 15 is 0 Å². The van der Waals surface area contributed by atoms with Gasteiger partial charge in [-0.15, -0.1) is 0 Å². The Hall–Kier alpha value is -1.35. The van der Waals surface area contributed by atoms with Crippen LogP contribution in [0.25, 0.3) is 0 Å². The molecular weight excluding hydrogens is 276 g/mol. The predicted octanol–water partition coefficient (Wildman–Crippen LogP) is 4.45. The van der Waals surface area contributed by atoms with Crippen LogP contribution < -0.4 is 4.74 Å². The minimum atomic E-state index is -0.265. The number of ether oxygens (including phenoxy) is 2. The molecule has 22 heavy (non-hydrogen) atoms. The van der Waals surface area contributed by atoms with E-state index in [9.17, 15) is 4.79 Å². The lowest BCUT2D eigenvalue weighted by atomic mass is 9.77. The molecule has 0 aromatic heterocycles. The summed E-state index contributed by atoms with van der Waals surface area (Å²) in [6.45, 7) is 3.66. The number of rotatable bonds is 5. The van der Waals surface area contributed by atoms with E-state index in [0.717, 1.165) is 5.92 Å². The molecule has 1 heterocycles. The molecule has 0 spiro atoms. The number of benzene rings is 1. The van der Waals surface area contributed by atoms with E-state index < -0.39 is 0 Å². The molecule has 2 aliphatic rings. The zero-order valence-corrected chi connectivity index (χ0v) is 13.6. The first kappa shape index (κ1) is 15.5. The Morgan fingerprint density at radius 2 is 1.86 bits per heavy atom. The van der Waals surface area contributed by atoms with Gasteiger partial charge in [0.25, 0.3) is 0 Å². The van der Waals surface area contributed by atoms with E-state index in [1.807, 2.05) is 12.1 Å². The van der Waals surface area contributed by atoms with Crippen LogP contribution in [0, 0.1) is 5.92 Å². The third-order valence-electron chi connectivity index (χ3n) is 5.04. The minimum Gasteiger partial charge on any atom is -0.427 e. The highest BCUT2D eigenvalue weighted by Gasteiger charge is 2.44. The highest BCUT2D eigenvalue weighted by molar-refractivity contribution is 5.69. The van der Waals surface area contributed by atoms with Gasteiger partial charge in [0.1, 0.15) is 5.75 Å². The fraction of sp³-hybridized carbons (Fsp3) is 0.632. The lowest BCUT2D eigenvalue weighted by molar-refractivity contribution is -0.131. The third kappa shape index (κ3) is 3.70. The summed E-state index contributed by atoms with van der Waals surface area (Å²) in [4.78, 5) is 10.9. The molecule has 0 N–H and O–H groups in total. The topological polar surface area (TPSA) is 38.8 Å². The van der Waals surface area contributed by atoms with Gasteiger partial charge in [-0.3, -0.25) is 4.79 Å². The van der Waals surface area contributed by atoms with Crippen molar-refractivity contribution in [2.24, 2.45) is 5.92 Å². The molecule has 0 bridgehead atoms.